The highest BCUT2D eigenvalue weighted by atomic mass is 127. The third-order valence-corrected chi connectivity index (χ3v) is 6.29. The van der Waals surface area contributed by atoms with Crippen molar-refractivity contribution in [1.82, 2.24) is 25.1 Å². The Hall–Kier alpha value is -2.14. The van der Waals surface area contributed by atoms with Gasteiger partial charge in [-0.2, -0.15) is 0 Å². The van der Waals surface area contributed by atoms with Gasteiger partial charge in [0.05, 0.1) is 13.7 Å². The molecule has 0 spiro atoms. The lowest BCUT2D eigenvalue weighted by Gasteiger charge is -2.34. The molecule has 0 radical (unpaired) electrons. The first kappa shape index (κ1) is 25.5. The van der Waals surface area contributed by atoms with E-state index in [9.17, 15) is 0 Å². The molecule has 2 fully saturated rings. The van der Waals surface area contributed by atoms with Crippen molar-refractivity contribution in [2.24, 2.45) is 4.99 Å². The van der Waals surface area contributed by atoms with Gasteiger partial charge < -0.3 is 19.9 Å². The predicted molar refractivity (Wildman–Crippen MR) is 144 cm³/mol. The lowest BCUT2D eigenvalue weighted by atomic mass is 9.98. The molecule has 33 heavy (non-hydrogen) atoms. The van der Waals surface area contributed by atoms with Crippen LogP contribution in [0.5, 0.6) is 5.75 Å². The highest BCUT2D eigenvalue weighted by Crippen LogP contribution is 2.28. The summed E-state index contributed by atoms with van der Waals surface area (Å²) in [6, 6.07) is 10.4. The van der Waals surface area contributed by atoms with Crippen LogP contribution in [0.2, 0.25) is 0 Å². The normalized spacial score (nSPS) is 19.3. The molecule has 4 rings (SSSR count). The number of nitrogens with one attached hydrogen (secondary N) is 1. The largest absolute Gasteiger partial charge is 0.497 e. The van der Waals surface area contributed by atoms with Crippen molar-refractivity contribution in [3.63, 3.8) is 0 Å². The van der Waals surface area contributed by atoms with Crippen molar-refractivity contribution in [2.45, 2.75) is 19.3 Å². The van der Waals surface area contributed by atoms with Crippen molar-refractivity contribution in [3.05, 3.63) is 48.3 Å². The van der Waals surface area contributed by atoms with E-state index in [1.807, 2.05) is 18.5 Å². The average Bonchev–Trinajstić information content (AvgIpc) is 3.35. The highest BCUT2D eigenvalue weighted by molar-refractivity contribution is 14.0. The van der Waals surface area contributed by atoms with Crippen molar-refractivity contribution in [3.8, 4) is 5.75 Å². The Labute approximate surface area is 214 Å². The number of guanidine groups is 1. The van der Waals surface area contributed by atoms with Crippen LogP contribution < -0.4 is 15.0 Å². The molecule has 1 aromatic heterocycles. The topological polar surface area (TPSA) is 69.1 Å². The smallest absolute Gasteiger partial charge is 0.225 e. The zero-order valence-electron chi connectivity index (χ0n) is 19.7. The third kappa shape index (κ3) is 6.92. The minimum Gasteiger partial charge on any atom is -0.497 e. The molecule has 1 aromatic carbocycles. The summed E-state index contributed by atoms with van der Waals surface area (Å²) in [6.45, 7) is 10.8. The molecule has 1 unspecified atom stereocenters. The van der Waals surface area contributed by atoms with Crippen LogP contribution in [0.1, 0.15) is 24.8 Å². The maximum Gasteiger partial charge on any atom is 0.225 e. The van der Waals surface area contributed by atoms with E-state index in [0.29, 0.717) is 5.92 Å². The Morgan fingerprint density at radius 2 is 1.82 bits per heavy atom. The number of aliphatic imine (C=N–C) groups is 1. The predicted octanol–water partition coefficient (Wildman–Crippen LogP) is 2.68. The van der Waals surface area contributed by atoms with E-state index >= 15 is 0 Å². The van der Waals surface area contributed by atoms with Crippen LogP contribution >= 0.6 is 24.0 Å². The van der Waals surface area contributed by atoms with Crippen LogP contribution in [0.25, 0.3) is 0 Å². The molecular formula is C24H36IN7O. The van der Waals surface area contributed by atoms with E-state index in [0.717, 1.165) is 83.0 Å². The summed E-state index contributed by atoms with van der Waals surface area (Å²) in [7, 11) is 1.71. The third-order valence-electron chi connectivity index (χ3n) is 6.29. The SMILES string of the molecule is CCNC(=NCCN1CCN(c2ncccn2)CC1)N1CCC(c2ccc(OC)cc2)C1.I. The molecule has 2 saturated heterocycles. The molecule has 9 heteroatoms. The van der Waals surface area contributed by atoms with Crippen LogP contribution in [0.3, 0.4) is 0 Å². The van der Waals surface area contributed by atoms with E-state index < -0.39 is 0 Å². The molecule has 0 bridgehead atoms. The summed E-state index contributed by atoms with van der Waals surface area (Å²) in [6.07, 6.45) is 4.77. The van der Waals surface area contributed by atoms with E-state index in [2.05, 4.69) is 61.2 Å². The minimum atomic E-state index is 0. The second-order valence-electron chi connectivity index (χ2n) is 8.32. The van der Waals surface area contributed by atoms with Gasteiger partial charge in [-0.05, 0) is 37.1 Å². The van der Waals surface area contributed by atoms with Gasteiger partial charge in [0.2, 0.25) is 5.95 Å². The molecule has 2 aliphatic rings. The fourth-order valence-electron chi connectivity index (χ4n) is 4.45. The number of rotatable bonds is 7. The summed E-state index contributed by atoms with van der Waals surface area (Å²) < 4.78 is 5.29. The number of anilines is 1. The monoisotopic (exact) mass is 565 g/mol. The number of ether oxygens (including phenoxy) is 1. The molecule has 0 aliphatic carbocycles. The van der Waals surface area contributed by atoms with E-state index in [-0.39, 0.29) is 24.0 Å². The van der Waals surface area contributed by atoms with Crippen molar-refractivity contribution >= 4 is 35.9 Å². The number of nitrogens with zero attached hydrogens (tertiary/aromatic N) is 6. The van der Waals surface area contributed by atoms with Gasteiger partial charge in [-0.1, -0.05) is 12.1 Å². The van der Waals surface area contributed by atoms with Gasteiger partial charge in [-0.15, -0.1) is 24.0 Å². The van der Waals surface area contributed by atoms with Gasteiger partial charge in [0.15, 0.2) is 5.96 Å². The molecule has 8 nitrogen and oxygen atoms in total. The second-order valence-corrected chi connectivity index (χ2v) is 8.32. The summed E-state index contributed by atoms with van der Waals surface area (Å²) in [4.78, 5) is 20.8. The Morgan fingerprint density at radius 3 is 2.48 bits per heavy atom. The molecule has 2 aromatic rings. The molecule has 1 N–H and O–H groups in total. The summed E-state index contributed by atoms with van der Waals surface area (Å²) in [5.74, 6) is 3.33. The number of hydrogen-bond acceptors (Lipinski definition) is 6. The second kappa shape index (κ2) is 12.9. The first-order chi connectivity index (χ1) is 15.8. The maximum absolute atomic E-state index is 5.29. The van der Waals surface area contributed by atoms with Crippen LogP contribution in [0.4, 0.5) is 5.95 Å². The molecular weight excluding hydrogens is 529 g/mol. The number of piperazine rings is 1. The first-order valence-corrected chi connectivity index (χ1v) is 11.7. The number of methoxy groups -OCH3 is 1. The van der Waals surface area contributed by atoms with E-state index in [1.54, 1.807) is 7.11 Å². The van der Waals surface area contributed by atoms with Crippen molar-refractivity contribution in [1.29, 1.82) is 0 Å². The summed E-state index contributed by atoms with van der Waals surface area (Å²) >= 11 is 0. The zero-order chi connectivity index (χ0) is 22.2. The van der Waals surface area contributed by atoms with Gasteiger partial charge in [0, 0.05) is 70.7 Å². The lowest BCUT2D eigenvalue weighted by molar-refractivity contribution is 0.263. The Balaban J connectivity index is 0.00000306. The Kier molecular flexibility index (Phi) is 9.98. The molecule has 3 heterocycles. The minimum absolute atomic E-state index is 0. The van der Waals surface area contributed by atoms with Gasteiger partial charge in [-0.25, -0.2) is 9.97 Å². The van der Waals surface area contributed by atoms with Crippen LogP contribution in [-0.2, 0) is 0 Å². The Bertz CT molecular complexity index is 857. The first-order valence-electron chi connectivity index (χ1n) is 11.7. The van der Waals surface area contributed by atoms with Gasteiger partial charge in [0.1, 0.15) is 5.75 Å². The number of aromatic nitrogens is 2. The van der Waals surface area contributed by atoms with E-state index in [4.69, 9.17) is 9.73 Å². The Morgan fingerprint density at radius 1 is 1.09 bits per heavy atom. The van der Waals surface area contributed by atoms with Gasteiger partial charge in [0.25, 0.3) is 0 Å². The summed E-state index contributed by atoms with van der Waals surface area (Å²) in [5.41, 5.74) is 1.38. The number of hydrogen-bond donors (Lipinski definition) is 1. The average molecular weight is 566 g/mol. The van der Waals surface area contributed by atoms with Crippen molar-refractivity contribution in [2.75, 3.05) is 70.9 Å². The molecule has 180 valence electrons. The van der Waals surface area contributed by atoms with Gasteiger partial charge >= 0.3 is 0 Å². The van der Waals surface area contributed by atoms with Crippen LogP contribution in [0, 0.1) is 0 Å². The molecule has 1 atom stereocenters. The molecule has 2 aliphatic heterocycles. The lowest BCUT2D eigenvalue weighted by Crippen LogP contribution is -2.48. The van der Waals surface area contributed by atoms with E-state index in [1.165, 1.54) is 5.56 Å². The fourth-order valence-corrected chi connectivity index (χ4v) is 4.45. The quantitative estimate of drug-likeness (QED) is 0.315. The van der Waals surface area contributed by atoms with Gasteiger partial charge in [-0.3, -0.25) is 9.89 Å². The van der Waals surface area contributed by atoms with Crippen LogP contribution in [0.15, 0.2) is 47.7 Å². The van der Waals surface area contributed by atoms with Crippen LogP contribution in [-0.4, -0.2) is 91.7 Å². The standard InChI is InChI=1S/C24H35N7O.HI/c1-3-25-23(31-13-9-21(19-31)20-5-7-22(32-2)8-6-20)28-12-14-29-15-17-30(18-16-29)24-26-10-4-11-27-24;/h4-8,10-11,21H,3,9,12-19H2,1-2H3,(H,25,28);1H. The molecule has 0 amide bonds. The highest BCUT2D eigenvalue weighted by Gasteiger charge is 2.26. The summed E-state index contributed by atoms with van der Waals surface area (Å²) in [5, 5.41) is 3.49. The number of benzene rings is 1. The zero-order valence-corrected chi connectivity index (χ0v) is 22.0. The maximum atomic E-state index is 5.29. The number of likely N-dealkylation sites (tertiary alicyclic amines) is 1. The number of halogens is 1. The fraction of sp³-hybridized carbons (Fsp3) is 0.542. The molecule has 0 saturated carbocycles. The van der Waals surface area contributed by atoms with Crippen molar-refractivity contribution < 1.29 is 4.74 Å².